The van der Waals surface area contributed by atoms with Crippen molar-refractivity contribution in [2.24, 2.45) is 17.8 Å². The third-order valence-electron chi connectivity index (χ3n) is 6.00. The lowest BCUT2D eigenvalue weighted by atomic mass is 9.79. The molecule has 0 bridgehead atoms. The standard InChI is InChI=1S/C18H26N2/c1-2-19-18(16-13-8-4-9-14(13)16)15-10-3-6-12-7-5-11-20-17(12)15/h5,7,11,13-16,18-19H,2-4,6,8-10H2,1H3. The number of pyridine rings is 1. The SMILES string of the molecule is CCNC(C1CCCc2cccnc21)C1C2CCCC21. The lowest BCUT2D eigenvalue weighted by Crippen LogP contribution is -2.39. The highest BCUT2D eigenvalue weighted by atomic mass is 15.0. The molecule has 0 radical (unpaired) electrons. The number of aryl methyl sites for hydroxylation is 1. The van der Waals surface area contributed by atoms with Gasteiger partial charge in [0.1, 0.15) is 0 Å². The predicted molar refractivity (Wildman–Crippen MR) is 81.7 cm³/mol. The minimum atomic E-state index is 0.662. The van der Waals surface area contributed by atoms with Gasteiger partial charge in [0, 0.05) is 23.9 Å². The maximum Gasteiger partial charge on any atom is 0.0482 e. The molecule has 108 valence electrons. The molecular formula is C18H26N2. The molecule has 1 N–H and O–H groups in total. The van der Waals surface area contributed by atoms with Crippen LogP contribution in [0.25, 0.3) is 0 Å². The Bertz CT molecular complexity index is 474. The van der Waals surface area contributed by atoms with Crippen LogP contribution in [0.2, 0.25) is 0 Å². The molecule has 2 nitrogen and oxygen atoms in total. The molecule has 3 aliphatic carbocycles. The summed E-state index contributed by atoms with van der Waals surface area (Å²) in [7, 11) is 0. The van der Waals surface area contributed by atoms with E-state index in [1.165, 1.54) is 49.8 Å². The second-order valence-corrected chi connectivity index (χ2v) is 6.97. The third kappa shape index (κ3) is 2.00. The fraction of sp³-hybridized carbons (Fsp3) is 0.722. The van der Waals surface area contributed by atoms with Crippen molar-refractivity contribution in [3.8, 4) is 0 Å². The largest absolute Gasteiger partial charge is 0.313 e. The van der Waals surface area contributed by atoms with Gasteiger partial charge in [-0.05, 0) is 68.0 Å². The molecule has 20 heavy (non-hydrogen) atoms. The van der Waals surface area contributed by atoms with E-state index in [-0.39, 0.29) is 0 Å². The van der Waals surface area contributed by atoms with Gasteiger partial charge in [0.2, 0.25) is 0 Å². The van der Waals surface area contributed by atoms with Crippen LogP contribution < -0.4 is 5.32 Å². The zero-order chi connectivity index (χ0) is 13.5. The van der Waals surface area contributed by atoms with E-state index < -0.39 is 0 Å². The normalized spacial score (nSPS) is 36.2. The summed E-state index contributed by atoms with van der Waals surface area (Å²) in [6.07, 6.45) is 10.3. The Kier molecular flexibility index (Phi) is 3.30. The lowest BCUT2D eigenvalue weighted by Gasteiger charge is -2.33. The Morgan fingerprint density at radius 1 is 1.25 bits per heavy atom. The summed E-state index contributed by atoms with van der Waals surface area (Å²) in [5.74, 6) is 3.68. The highest BCUT2D eigenvalue weighted by Crippen LogP contribution is 2.61. The summed E-state index contributed by atoms with van der Waals surface area (Å²) in [5, 5.41) is 3.84. The Morgan fingerprint density at radius 3 is 2.90 bits per heavy atom. The first-order valence-corrected chi connectivity index (χ1v) is 8.57. The monoisotopic (exact) mass is 270 g/mol. The quantitative estimate of drug-likeness (QED) is 0.905. The minimum absolute atomic E-state index is 0.662. The Balaban J connectivity index is 1.61. The molecule has 0 aromatic carbocycles. The van der Waals surface area contributed by atoms with Gasteiger partial charge in [0.15, 0.2) is 0 Å². The van der Waals surface area contributed by atoms with Crippen molar-refractivity contribution < 1.29 is 0 Å². The number of hydrogen-bond donors (Lipinski definition) is 1. The Hall–Kier alpha value is -0.890. The van der Waals surface area contributed by atoms with E-state index in [9.17, 15) is 0 Å². The summed E-state index contributed by atoms with van der Waals surface area (Å²) < 4.78 is 0. The van der Waals surface area contributed by atoms with Gasteiger partial charge >= 0.3 is 0 Å². The van der Waals surface area contributed by atoms with Gasteiger partial charge < -0.3 is 5.32 Å². The van der Waals surface area contributed by atoms with Crippen molar-refractivity contribution in [2.75, 3.05) is 6.54 Å². The number of nitrogens with zero attached hydrogens (tertiary/aromatic N) is 1. The zero-order valence-corrected chi connectivity index (χ0v) is 12.5. The van der Waals surface area contributed by atoms with Gasteiger partial charge in [-0.3, -0.25) is 4.98 Å². The molecule has 4 atom stereocenters. The maximum atomic E-state index is 4.77. The van der Waals surface area contributed by atoms with E-state index in [0.29, 0.717) is 12.0 Å². The van der Waals surface area contributed by atoms with E-state index in [4.69, 9.17) is 4.98 Å². The minimum Gasteiger partial charge on any atom is -0.313 e. The molecule has 1 aromatic heterocycles. The van der Waals surface area contributed by atoms with Crippen LogP contribution >= 0.6 is 0 Å². The molecule has 1 heterocycles. The zero-order valence-electron chi connectivity index (χ0n) is 12.5. The molecule has 2 heteroatoms. The average Bonchev–Trinajstić information content (AvgIpc) is 2.95. The number of aromatic nitrogens is 1. The molecule has 0 saturated heterocycles. The second kappa shape index (κ2) is 5.14. The van der Waals surface area contributed by atoms with Crippen molar-refractivity contribution in [1.29, 1.82) is 0 Å². The Morgan fingerprint density at radius 2 is 2.10 bits per heavy atom. The third-order valence-corrected chi connectivity index (χ3v) is 6.00. The molecular weight excluding hydrogens is 244 g/mol. The molecule has 3 aliphatic rings. The molecule has 4 rings (SSSR count). The van der Waals surface area contributed by atoms with E-state index >= 15 is 0 Å². The molecule has 0 amide bonds. The second-order valence-electron chi connectivity index (χ2n) is 6.97. The van der Waals surface area contributed by atoms with Gasteiger partial charge in [-0.25, -0.2) is 0 Å². The van der Waals surface area contributed by atoms with Gasteiger partial charge in [0.05, 0.1) is 0 Å². The van der Waals surface area contributed by atoms with Crippen LogP contribution in [0, 0.1) is 17.8 Å². The fourth-order valence-corrected chi connectivity index (χ4v) is 5.19. The predicted octanol–water partition coefficient (Wildman–Crippen LogP) is 3.53. The van der Waals surface area contributed by atoms with Gasteiger partial charge in [-0.15, -0.1) is 0 Å². The summed E-state index contributed by atoms with van der Waals surface area (Å²) in [5.41, 5.74) is 2.92. The highest BCUT2D eigenvalue weighted by molar-refractivity contribution is 5.29. The highest BCUT2D eigenvalue weighted by Gasteiger charge is 2.57. The van der Waals surface area contributed by atoms with E-state index in [0.717, 1.165) is 24.3 Å². The van der Waals surface area contributed by atoms with Gasteiger partial charge in [-0.1, -0.05) is 19.4 Å². The topological polar surface area (TPSA) is 24.9 Å². The molecule has 1 aromatic rings. The maximum absolute atomic E-state index is 4.77. The molecule has 0 spiro atoms. The number of nitrogens with one attached hydrogen (secondary N) is 1. The van der Waals surface area contributed by atoms with Gasteiger partial charge in [0.25, 0.3) is 0 Å². The van der Waals surface area contributed by atoms with Crippen LogP contribution in [0.3, 0.4) is 0 Å². The van der Waals surface area contributed by atoms with Crippen LogP contribution in [0.4, 0.5) is 0 Å². The first-order chi connectivity index (χ1) is 9.90. The lowest BCUT2D eigenvalue weighted by molar-refractivity contribution is 0.326. The van der Waals surface area contributed by atoms with Crippen LogP contribution in [-0.2, 0) is 6.42 Å². The van der Waals surface area contributed by atoms with E-state index in [1.807, 2.05) is 6.20 Å². The van der Waals surface area contributed by atoms with Crippen LogP contribution in [-0.4, -0.2) is 17.6 Å². The summed E-state index contributed by atoms with van der Waals surface area (Å²) in [6, 6.07) is 5.09. The summed E-state index contributed by atoms with van der Waals surface area (Å²) >= 11 is 0. The van der Waals surface area contributed by atoms with Crippen LogP contribution in [0.1, 0.15) is 56.2 Å². The van der Waals surface area contributed by atoms with Crippen molar-refractivity contribution in [1.82, 2.24) is 10.3 Å². The number of fused-ring (bicyclic) bond motifs is 2. The summed E-state index contributed by atoms with van der Waals surface area (Å²) in [4.78, 5) is 4.77. The molecule has 4 unspecified atom stereocenters. The fourth-order valence-electron chi connectivity index (χ4n) is 5.19. The number of hydrogen-bond acceptors (Lipinski definition) is 2. The van der Waals surface area contributed by atoms with Crippen molar-refractivity contribution in [3.63, 3.8) is 0 Å². The summed E-state index contributed by atoms with van der Waals surface area (Å²) in [6.45, 7) is 3.35. The average molecular weight is 270 g/mol. The molecule has 2 saturated carbocycles. The van der Waals surface area contributed by atoms with Crippen LogP contribution in [0.5, 0.6) is 0 Å². The van der Waals surface area contributed by atoms with Crippen molar-refractivity contribution >= 4 is 0 Å². The number of likely N-dealkylation sites (N-methyl/N-ethyl adjacent to an activating group) is 1. The van der Waals surface area contributed by atoms with Crippen LogP contribution in [0.15, 0.2) is 18.3 Å². The van der Waals surface area contributed by atoms with E-state index in [2.05, 4.69) is 24.4 Å². The Labute approximate surface area is 122 Å². The van der Waals surface area contributed by atoms with E-state index in [1.54, 1.807) is 0 Å². The van der Waals surface area contributed by atoms with Crippen molar-refractivity contribution in [2.45, 2.75) is 57.4 Å². The first-order valence-electron chi connectivity index (χ1n) is 8.57. The van der Waals surface area contributed by atoms with Crippen molar-refractivity contribution in [3.05, 3.63) is 29.6 Å². The smallest absolute Gasteiger partial charge is 0.0482 e. The number of rotatable bonds is 4. The first kappa shape index (κ1) is 12.8. The molecule has 2 fully saturated rings. The van der Waals surface area contributed by atoms with Gasteiger partial charge in [-0.2, -0.15) is 0 Å². The molecule has 0 aliphatic heterocycles.